The van der Waals surface area contributed by atoms with E-state index in [2.05, 4.69) is 5.32 Å². The summed E-state index contributed by atoms with van der Waals surface area (Å²) in [5.41, 5.74) is 0.714. The maximum Gasteiger partial charge on any atom is 0.417 e. The van der Waals surface area contributed by atoms with Gasteiger partial charge in [0.05, 0.1) is 40.0 Å². The summed E-state index contributed by atoms with van der Waals surface area (Å²) in [6.07, 6.45) is -2.16. The highest BCUT2D eigenvalue weighted by Crippen LogP contribution is 2.34. The Morgan fingerprint density at radius 2 is 1.63 bits per heavy atom. The molecule has 0 aromatic heterocycles. The van der Waals surface area contributed by atoms with Crippen LogP contribution in [0.15, 0.2) is 71.6 Å². The van der Waals surface area contributed by atoms with Crippen molar-refractivity contribution in [1.82, 2.24) is 5.32 Å². The van der Waals surface area contributed by atoms with Gasteiger partial charge in [0.1, 0.15) is 11.6 Å². The van der Waals surface area contributed by atoms with Gasteiger partial charge in [-0.05, 0) is 93.4 Å². The highest BCUT2D eigenvalue weighted by Gasteiger charge is 2.38. The number of nitriles is 1. The number of nitrogens with zero attached hydrogens (tertiary/aromatic N) is 1. The van der Waals surface area contributed by atoms with Crippen molar-refractivity contribution in [3.63, 3.8) is 0 Å². The van der Waals surface area contributed by atoms with Crippen LogP contribution in [-0.2, 0) is 30.3 Å². The predicted octanol–water partition coefficient (Wildman–Crippen LogP) is 4.69. The fraction of sp³-hybridized carbons (Fsp3) is 0.324. The number of carbonyl (C=O) groups excluding carboxylic acids is 3. The molecular weight excluding hydrogens is 714 g/mol. The van der Waals surface area contributed by atoms with E-state index in [1.807, 2.05) is 5.32 Å². The SMILES string of the molecule is CC(O)(CS(=O)(=O)c1ccc(F)cc1)C(=O)Nc1ccc(C#N)c(C(F)(F)F)c1.CCOC(=O)c1ccc(OC(=O)CCCCCNC(=N)N)cc1. The van der Waals surface area contributed by atoms with E-state index in [0.717, 1.165) is 56.2 Å². The van der Waals surface area contributed by atoms with Gasteiger partial charge in [0.2, 0.25) is 0 Å². The Bertz CT molecular complexity index is 1860. The number of hydrogen-bond donors (Lipinski definition) is 5. The van der Waals surface area contributed by atoms with E-state index in [4.69, 9.17) is 25.9 Å². The van der Waals surface area contributed by atoms with Gasteiger partial charge in [0, 0.05) is 18.7 Å². The zero-order valence-electron chi connectivity index (χ0n) is 28.1. The molecule has 0 aliphatic rings. The van der Waals surface area contributed by atoms with E-state index in [1.54, 1.807) is 31.2 Å². The maximum absolute atomic E-state index is 13.0. The molecule has 0 heterocycles. The lowest BCUT2D eigenvalue weighted by atomic mass is 10.1. The minimum atomic E-state index is -4.86. The summed E-state index contributed by atoms with van der Waals surface area (Å²) < 4.78 is 86.7. The summed E-state index contributed by atoms with van der Waals surface area (Å²) in [4.78, 5) is 35.1. The fourth-order valence-electron chi connectivity index (χ4n) is 4.23. The molecular formula is C34H37F4N5O8S. The summed E-state index contributed by atoms with van der Waals surface area (Å²) in [7, 11) is -4.21. The lowest BCUT2D eigenvalue weighted by Crippen LogP contribution is -2.45. The van der Waals surface area contributed by atoms with Crippen LogP contribution in [0, 0.1) is 22.6 Å². The first-order chi connectivity index (χ1) is 24.3. The number of amides is 1. The first-order valence-electron chi connectivity index (χ1n) is 15.5. The molecule has 13 nitrogen and oxygen atoms in total. The molecule has 0 spiro atoms. The smallest absolute Gasteiger partial charge is 0.417 e. The van der Waals surface area contributed by atoms with Crippen molar-refractivity contribution in [2.24, 2.45) is 5.73 Å². The molecule has 3 aromatic rings. The number of halogens is 4. The average Bonchev–Trinajstić information content (AvgIpc) is 3.06. The standard InChI is InChI=1S/C18H14F4N2O4S.C16H23N3O4/c1-17(26,10-29(27,28)14-6-3-12(19)4-7-14)16(25)24-13-5-2-11(9-23)15(8-13)18(20,21)22;1-2-22-15(21)12-7-9-13(10-8-12)23-14(20)6-4-3-5-11-19-16(17)18/h2-8,26H,10H2,1H3,(H,24,25);7-10H,2-6,11H2,1H3,(H4,17,18,19). The minimum Gasteiger partial charge on any atom is -0.462 e. The van der Waals surface area contributed by atoms with Gasteiger partial charge in [-0.2, -0.15) is 18.4 Å². The number of benzene rings is 3. The Balaban J connectivity index is 0.000000371. The van der Waals surface area contributed by atoms with Crippen LogP contribution < -0.4 is 21.1 Å². The van der Waals surface area contributed by atoms with Crippen LogP contribution in [0.25, 0.3) is 0 Å². The quantitative estimate of drug-likeness (QED) is 0.0289. The van der Waals surface area contributed by atoms with Crippen molar-refractivity contribution in [1.29, 1.82) is 10.7 Å². The molecule has 3 aromatic carbocycles. The Morgan fingerprint density at radius 1 is 1.00 bits per heavy atom. The van der Waals surface area contributed by atoms with Crippen LogP contribution in [0.4, 0.5) is 23.2 Å². The number of rotatable bonds is 14. The molecule has 3 rings (SSSR count). The molecule has 1 unspecified atom stereocenters. The molecule has 0 saturated carbocycles. The topological polar surface area (TPSA) is 222 Å². The van der Waals surface area contributed by atoms with Gasteiger partial charge >= 0.3 is 18.1 Å². The highest BCUT2D eigenvalue weighted by molar-refractivity contribution is 7.91. The molecule has 1 amide bonds. The first kappa shape index (κ1) is 42.6. The number of unbranched alkanes of at least 4 members (excludes halogenated alkanes) is 2. The number of anilines is 1. The third-order valence-electron chi connectivity index (χ3n) is 6.81. The zero-order valence-corrected chi connectivity index (χ0v) is 28.9. The third-order valence-corrected chi connectivity index (χ3v) is 8.74. The number of ether oxygens (including phenoxy) is 2. The van der Waals surface area contributed by atoms with Gasteiger partial charge in [0.15, 0.2) is 21.4 Å². The van der Waals surface area contributed by atoms with Crippen molar-refractivity contribution < 1.29 is 54.9 Å². The molecule has 0 aliphatic heterocycles. The Labute approximate surface area is 297 Å². The lowest BCUT2D eigenvalue weighted by molar-refractivity contribution is -0.138. The fourth-order valence-corrected chi connectivity index (χ4v) is 5.82. The third kappa shape index (κ3) is 14.0. The number of carbonyl (C=O) groups is 3. The number of hydrogen-bond acceptors (Lipinski definition) is 10. The molecule has 0 saturated heterocycles. The van der Waals surface area contributed by atoms with Gasteiger partial charge in [-0.15, -0.1) is 0 Å². The van der Waals surface area contributed by atoms with Gasteiger partial charge in [0.25, 0.3) is 5.91 Å². The van der Waals surface area contributed by atoms with Crippen molar-refractivity contribution in [2.45, 2.75) is 56.2 Å². The number of sulfone groups is 1. The number of esters is 2. The van der Waals surface area contributed by atoms with E-state index < -0.39 is 56.2 Å². The van der Waals surface area contributed by atoms with Crippen LogP contribution in [0.3, 0.4) is 0 Å². The highest BCUT2D eigenvalue weighted by atomic mass is 32.2. The van der Waals surface area contributed by atoms with Crippen LogP contribution >= 0.6 is 0 Å². The van der Waals surface area contributed by atoms with Gasteiger partial charge in [-0.25, -0.2) is 17.6 Å². The van der Waals surface area contributed by atoms with Crippen LogP contribution in [0.2, 0.25) is 0 Å². The second kappa shape index (κ2) is 19.2. The second-order valence-electron chi connectivity index (χ2n) is 11.2. The monoisotopic (exact) mass is 751 g/mol. The average molecular weight is 752 g/mol. The van der Waals surface area contributed by atoms with Gasteiger partial charge in [-0.1, -0.05) is 6.42 Å². The number of alkyl halides is 3. The predicted molar refractivity (Wildman–Crippen MR) is 180 cm³/mol. The summed E-state index contributed by atoms with van der Waals surface area (Å²) in [6.45, 7) is 3.55. The second-order valence-corrected chi connectivity index (χ2v) is 13.2. The van der Waals surface area contributed by atoms with Crippen LogP contribution in [0.5, 0.6) is 5.75 Å². The summed E-state index contributed by atoms with van der Waals surface area (Å²) >= 11 is 0. The molecule has 280 valence electrons. The van der Waals surface area contributed by atoms with E-state index >= 15 is 0 Å². The van der Waals surface area contributed by atoms with Crippen molar-refractivity contribution in [3.8, 4) is 11.8 Å². The Hall–Kier alpha value is -5.54. The largest absolute Gasteiger partial charge is 0.462 e. The zero-order chi connectivity index (χ0) is 39.1. The van der Waals surface area contributed by atoms with Crippen molar-refractivity contribution in [3.05, 3.63) is 89.2 Å². The number of nitrogens with two attached hydrogens (primary N) is 1. The molecule has 1 atom stereocenters. The van der Waals surface area contributed by atoms with E-state index in [-0.39, 0.29) is 22.5 Å². The molecule has 0 radical (unpaired) electrons. The van der Waals surface area contributed by atoms with Gasteiger partial charge < -0.3 is 30.9 Å². The van der Waals surface area contributed by atoms with Crippen molar-refractivity contribution in [2.75, 3.05) is 24.2 Å². The van der Waals surface area contributed by atoms with Crippen LogP contribution in [-0.4, -0.2) is 61.8 Å². The summed E-state index contributed by atoms with van der Waals surface area (Å²) in [5.74, 6) is -3.41. The minimum absolute atomic E-state index is 0.0457. The van der Waals surface area contributed by atoms with Gasteiger partial charge in [-0.3, -0.25) is 15.0 Å². The molecule has 0 aliphatic carbocycles. The van der Waals surface area contributed by atoms with Crippen LogP contribution in [0.1, 0.15) is 61.0 Å². The maximum atomic E-state index is 13.0. The molecule has 18 heteroatoms. The number of aliphatic hydroxyl groups is 1. The van der Waals surface area contributed by atoms with E-state index in [9.17, 15) is 45.5 Å². The summed E-state index contributed by atoms with van der Waals surface area (Å²) in [5, 5.41) is 30.8. The van der Waals surface area contributed by atoms with E-state index in [0.29, 0.717) is 43.4 Å². The Kier molecular flexibility index (Phi) is 15.7. The van der Waals surface area contributed by atoms with E-state index in [1.165, 1.54) is 6.07 Å². The molecule has 0 bridgehead atoms. The molecule has 0 fully saturated rings. The molecule has 6 N–H and O–H groups in total. The normalized spacial score (nSPS) is 12.2. The van der Waals surface area contributed by atoms with Crippen molar-refractivity contribution >= 4 is 39.3 Å². The first-order valence-corrected chi connectivity index (χ1v) is 17.1. The number of guanidine groups is 1. The Morgan fingerprint density at radius 3 is 2.19 bits per heavy atom. The molecule has 52 heavy (non-hydrogen) atoms. The summed E-state index contributed by atoms with van der Waals surface area (Å²) in [6, 6.07) is 13.7. The lowest BCUT2D eigenvalue weighted by Gasteiger charge is -2.22. The number of nitrogens with one attached hydrogen (secondary N) is 3.